The van der Waals surface area contributed by atoms with Crippen molar-refractivity contribution in [1.82, 2.24) is 4.72 Å². The Morgan fingerprint density at radius 2 is 2.19 bits per heavy atom. The van der Waals surface area contributed by atoms with Crippen molar-refractivity contribution in [2.75, 3.05) is 11.9 Å². The Labute approximate surface area is 125 Å². The highest BCUT2D eigenvalue weighted by atomic mass is 32.2. The predicted octanol–water partition coefficient (Wildman–Crippen LogP) is 1.64. The minimum absolute atomic E-state index is 0.0593. The van der Waals surface area contributed by atoms with Crippen molar-refractivity contribution >= 4 is 15.7 Å². The lowest BCUT2D eigenvalue weighted by Gasteiger charge is -2.22. The molecule has 3 heterocycles. The maximum atomic E-state index is 12.6. The van der Waals surface area contributed by atoms with Crippen LogP contribution in [0.4, 0.5) is 5.69 Å². The average Bonchev–Trinajstić information content (AvgIpc) is 3.09. The van der Waals surface area contributed by atoms with Crippen LogP contribution in [0.2, 0.25) is 0 Å². The first-order valence-electron chi connectivity index (χ1n) is 7.66. The van der Waals surface area contributed by atoms with Crippen molar-refractivity contribution in [1.29, 1.82) is 0 Å². The average molecular weight is 308 g/mol. The van der Waals surface area contributed by atoms with Crippen LogP contribution >= 0.6 is 0 Å². The van der Waals surface area contributed by atoms with Gasteiger partial charge in [0.05, 0.1) is 23.1 Å². The fourth-order valence-electron chi connectivity index (χ4n) is 3.65. The molecule has 2 bridgehead atoms. The summed E-state index contributed by atoms with van der Waals surface area (Å²) in [7, 11) is -3.46. The number of hydrogen-bond donors (Lipinski definition) is 2. The molecule has 3 aliphatic heterocycles. The third-order valence-electron chi connectivity index (χ3n) is 4.74. The predicted molar refractivity (Wildman–Crippen MR) is 79.9 cm³/mol. The lowest BCUT2D eigenvalue weighted by atomic mass is 9.96. The van der Waals surface area contributed by atoms with Crippen LogP contribution in [-0.2, 0) is 21.2 Å². The fraction of sp³-hybridized carbons (Fsp3) is 0.600. The molecule has 4 rings (SSSR count). The summed E-state index contributed by atoms with van der Waals surface area (Å²) < 4.78 is 33.7. The van der Waals surface area contributed by atoms with Crippen molar-refractivity contribution in [2.45, 2.75) is 55.2 Å². The van der Waals surface area contributed by atoms with E-state index in [-0.39, 0.29) is 18.2 Å². The summed E-state index contributed by atoms with van der Waals surface area (Å²) in [6.07, 6.45) is 5.11. The smallest absolute Gasteiger partial charge is 0.240 e. The molecule has 2 saturated heterocycles. The van der Waals surface area contributed by atoms with E-state index < -0.39 is 10.0 Å². The second kappa shape index (κ2) is 4.97. The first kappa shape index (κ1) is 13.5. The van der Waals surface area contributed by atoms with Gasteiger partial charge in [0.2, 0.25) is 10.0 Å². The normalized spacial score (nSPS) is 31.0. The number of fused-ring (bicyclic) bond motifs is 3. The fourth-order valence-corrected chi connectivity index (χ4v) is 4.97. The number of nitrogens with one attached hydrogen (secondary N) is 2. The van der Waals surface area contributed by atoms with Gasteiger partial charge >= 0.3 is 0 Å². The highest BCUT2D eigenvalue weighted by Gasteiger charge is 2.42. The quantitative estimate of drug-likeness (QED) is 0.891. The van der Waals surface area contributed by atoms with E-state index in [9.17, 15) is 8.42 Å². The molecule has 1 aromatic rings. The van der Waals surface area contributed by atoms with Gasteiger partial charge in [0, 0.05) is 12.2 Å². The summed E-state index contributed by atoms with van der Waals surface area (Å²) in [5, 5.41) is 3.30. The van der Waals surface area contributed by atoms with E-state index >= 15 is 0 Å². The zero-order chi connectivity index (χ0) is 14.4. The number of anilines is 1. The van der Waals surface area contributed by atoms with Crippen LogP contribution in [0.25, 0.3) is 0 Å². The minimum Gasteiger partial charge on any atom is -0.385 e. The van der Waals surface area contributed by atoms with E-state index in [1.165, 1.54) is 0 Å². The molecule has 1 aromatic carbocycles. The van der Waals surface area contributed by atoms with E-state index in [0.717, 1.165) is 49.9 Å². The molecule has 114 valence electrons. The summed E-state index contributed by atoms with van der Waals surface area (Å²) in [6.45, 7) is 0.958. The molecule has 0 radical (unpaired) electrons. The van der Waals surface area contributed by atoms with Gasteiger partial charge in [0.15, 0.2) is 0 Å². The maximum absolute atomic E-state index is 12.6. The molecule has 2 N–H and O–H groups in total. The highest BCUT2D eigenvalue weighted by molar-refractivity contribution is 7.89. The standard InChI is InChI=1S/C15H20N2O3S/c18-21(19,17-14-9-11-3-6-15(14)20-11)12-4-5-13-10(8-12)2-1-7-16-13/h4-5,8,11,14-17H,1-3,6-7,9H2. The van der Waals surface area contributed by atoms with Gasteiger partial charge in [-0.15, -0.1) is 0 Å². The van der Waals surface area contributed by atoms with Gasteiger partial charge in [-0.1, -0.05) is 0 Å². The molecule has 21 heavy (non-hydrogen) atoms. The second-order valence-electron chi connectivity index (χ2n) is 6.19. The lowest BCUT2D eigenvalue weighted by molar-refractivity contribution is 0.0996. The zero-order valence-electron chi connectivity index (χ0n) is 11.8. The van der Waals surface area contributed by atoms with E-state index in [0.29, 0.717) is 4.90 Å². The van der Waals surface area contributed by atoms with E-state index in [1.807, 2.05) is 6.07 Å². The molecule has 3 atom stereocenters. The molecular weight excluding hydrogens is 288 g/mol. The van der Waals surface area contributed by atoms with E-state index in [1.54, 1.807) is 12.1 Å². The Morgan fingerprint density at radius 1 is 1.29 bits per heavy atom. The largest absolute Gasteiger partial charge is 0.385 e. The maximum Gasteiger partial charge on any atom is 0.240 e. The lowest BCUT2D eigenvalue weighted by Crippen LogP contribution is -2.41. The van der Waals surface area contributed by atoms with Gasteiger partial charge in [-0.05, 0) is 55.9 Å². The number of sulfonamides is 1. The molecule has 0 aliphatic carbocycles. The number of aryl methyl sites for hydroxylation is 1. The Kier molecular flexibility index (Phi) is 3.20. The van der Waals surface area contributed by atoms with Crippen LogP contribution in [-0.4, -0.2) is 33.2 Å². The number of hydrogen-bond acceptors (Lipinski definition) is 4. The zero-order valence-corrected chi connectivity index (χ0v) is 12.7. The molecule has 2 fully saturated rings. The van der Waals surface area contributed by atoms with Gasteiger partial charge in [0.25, 0.3) is 0 Å². The third kappa shape index (κ3) is 2.45. The SMILES string of the molecule is O=S(=O)(NC1CC2CCC1O2)c1ccc2c(c1)CCCN2. The molecule has 0 amide bonds. The van der Waals surface area contributed by atoms with Crippen LogP contribution in [0, 0.1) is 0 Å². The van der Waals surface area contributed by atoms with Gasteiger partial charge in [-0.3, -0.25) is 0 Å². The summed E-state index contributed by atoms with van der Waals surface area (Å²) in [6, 6.07) is 5.30. The van der Waals surface area contributed by atoms with Crippen molar-refractivity contribution in [2.24, 2.45) is 0 Å². The molecule has 3 aliphatic rings. The Bertz CT molecular complexity index is 659. The third-order valence-corrected chi connectivity index (χ3v) is 6.23. The van der Waals surface area contributed by atoms with Crippen LogP contribution in [0.15, 0.2) is 23.1 Å². The molecule has 5 nitrogen and oxygen atoms in total. The van der Waals surface area contributed by atoms with Gasteiger partial charge in [-0.25, -0.2) is 13.1 Å². The monoisotopic (exact) mass is 308 g/mol. The van der Waals surface area contributed by atoms with Crippen LogP contribution in [0.1, 0.15) is 31.2 Å². The molecular formula is C15H20N2O3S. The molecule has 3 unspecified atom stereocenters. The molecule has 6 heteroatoms. The van der Waals surface area contributed by atoms with Crippen molar-refractivity contribution in [3.63, 3.8) is 0 Å². The minimum atomic E-state index is -3.46. The van der Waals surface area contributed by atoms with Gasteiger partial charge in [-0.2, -0.15) is 0 Å². The van der Waals surface area contributed by atoms with Crippen molar-refractivity contribution in [3.8, 4) is 0 Å². The van der Waals surface area contributed by atoms with Crippen LogP contribution in [0.3, 0.4) is 0 Å². The number of benzene rings is 1. The number of rotatable bonds is 3. The Morgan fingerprint density at radius 3 is 2.95 bits per heavy atom. The molecule has 0 saturated carbocycles. The van der Waals surface area contributed by atoms with E-state index in [4.69, 9.17) is 4.74 Å². The Balaban J connectivity index is 1.57. The topological polar surface area (TPSA) is 67.4 Å². The van der Waals surface area contributed by atoms with Crippen molar-refractivity contribution < 1.29 is 13.2 Å². The van der Waals surface area contributed by atoms with E-state index in [2.05, 4.69) is 10.0 Å². The summed E-state index contributed by atoms with van der Waals surface area (Å²) in [5.41, 5.74) is 2.15. The second-order valence-corrected chi connectivity index (χ2v) is 7.90. The molecule has 0 spiro atoms. The Hall–Kier alpha value is -1.11. The summed E-state index contributed by atoms with van der Waals surface area (Å²) >= 11 is 0. The molecule has 0 aromatic heterocycles. The van der Waals surface area contributed by atoms with Crippen LogP contribution < -0.4 is 10.0 Å². The number of ether oxygens (including phenoxy) is 1. The van der Waals surface area contributed by atoms with Gasteiger partial charge < -0.3 is 10.1 Å². The van der Waals surface area contributed by atoms with Crippen molar-refractivity contribution in [3.05, 3.63) is 23.8 Å². The summed E-state index contributed by atoms with van der Waals surface area (Å²) in [5.74, 6) is 0. The van der Waals surface area contributed by atoms with Crippen LogP contribution in [0.5, 0.6) is 0 Å². The first-order valence-corrected chi connectivity index (χ1v) is 9.15. The van der Waals surface area contributed by atoms with Gasteiger partial charge in [0.1, 0.15) is 0 Å². The highest BCUT2D eigenvalue weighted by Crippen LogP contribution is 2.35. The first-order chi connectivity index (χ1) is 10.1. The summed E-state index contributed by atoms with van der Waals surface area (Å²) in [4.78, 5) is 0.368.